The first-order valence-electron chi connectivity index (χ1n) is 11.3. The number of fused-ring (bicyclic) bond motifs is 1. The summed E-state index contributed by atoms with van der Waals surface area (Å²) in [5, 5.41) is 20.1. The zero-order chi connectivity index (χ0) is 23.5. The maximum Gasteiger partial charge on any atom is 0.274 e. The lowest BCUT2D eigenvalue weighted by Gasteiger charge is -2.29. The van der Waals surface area contributed by atoms with E-state index in [2.05, 4.69) is 30.6 Å². The van der Waals surface area contributed by atoms with Gasteiger partial charge in [0.2, 0.25) is 0 Å². The lowest BCUT2D eigenvalue weighted by molar-refractivity contribution is 0.102. The highest BCUT2D eigenvalue weighted by atomic mass is 32.1. The highest BCUT2D eigenvalue weighted by molar-refractivity contribution is 7.22. The number of aromatic nitrogens is 5. The lowest BCUT2D eigenvalue weighted by atomic mass is 10.1. The van der Waals surface area contributed by atoms with E-state index in [4.69, 9.17) is 10.1 Å². The molecule has 176 valence electrons. The molecule has 5 rings (SSSR count). The third-order valence-electron chi connectivity index (χ3n) is 5.64. The van der Waals surface area contributed by atoms with Gasteiger partial charge in [-0.3, -0.25) is 9.48 Å². The number of thiazole rings is 1. The van der Waals surface area contributed by atoms with Crippen LogP contribution in [0.3, 0.4) is 0 Å². The molecular formula is C23H26N8O2S. The summed E-state index contributed by atoms with van der Waals surface area (Å²) in [6, 6.07) is 7.31. The first kappa shape index (κ1) is 22.2. The van der Waals surface area contributed by atoms with Crippen molar-refractivity contribution in [3.8, 4) is 11.3 Å². The summed E-state index contributed by atoms with van der Waals surface area (Å²) >= 11 is 1.44. The third-order valence-corrected chi connectivity index (χ3v) is 6.59. The second-order valence-electron chi connectivity index (χ2n) is 8.16. The van der Waals surface area contributed by atoms with E-state index in [1.54, 1.807) is 16.9 Å². The molecule has 0 atom stereocenters. The van der Waals surface area contributed by atoms with Crippen LogP contribution in [-0.4, -0.2) is 62.0 Å². The minimum absolute atomic E-state index is 0.0226. The van der Waals surface area contributed by atoms with Crippen molar-refractivity contribution in [1.29, 1.82) is 0 Å². The highest BCUT2D eigenvalue weighted by Gasteiger charge is 2.21. The number of aliphatic hydroxyl groups is 1. The Labute approximate surface area is 200 Å². The summed E-state index contributed by atoms with van der Waals surface area (Å²) in [5.74, 6) is 0.427. The number of rotatable bonds is 7. The van der Waals surface area contributed by atoms with Crippen LogP contribution in [0.2, 0.25) is 0 Å². The number of carbonyl (C=O) groups is 1. The average Bonchev–Trinajstić information content (AvgIpc) is 3.48. The Hall–Kier alpha value is -3.57. The summed E-state index contributed by atoms with van der Waals surface area (Å²) in [5.41, 5.74) is 3.13. The van der Waals surface area contributed by atoms with Crippen LogP contribution in [0.5, 0.6) is 0 Å². The topological polar surface area (TPSA) is 121 Å². The van der Waals surface area contributed by atoms with Crippen LogP contribution in [0.25, 0.3) is 21.6 Å². The van der Waals surface area contributed by atoms with Gasteiger partial charge < -0.3 is 20.6 Å². The summed E-state index contributed by atoms with van der Waals surface area (Å²) < 4.78 is 2.56. The summed E-state index contributed by atoms with van der Waals surface area (Å²) in [4.78, 5) is 29.4. The molecule has 10 nitrogen and oxygen atoms in total. The third kappa shape index (κ3) is 4.70. The molecule has 0 saturated carbocycles. The molecule has 0 spiro atoms. The Morgan fingerprint density at radius 1 is 1.18 bits per heavy atom. The molecule has 0 unspecified atom stereocenters. The fourth-order valence-electron chi connectivity index (χ4n) is 3.99. The first-order valence-corrected chi connectivity index (χ1v) is 12.1. The Kier molecular flexibility index (Phi) is 6.37. The summed E-state index contributed by atoms with van der Waals surface area (Å²) in [7, 11) is 1.84. The molecule has 11 heteroatoms. The molecule has 1 saturated heterocycles. The number of hydrogen-bond acceptors (Lipinski definition) is 9. The summed E-state index contributed by atoms with van der Waals surface area (Å²) in [6.45, 7) is 2.21. The van der Waals surface area contributed by atoms with Gasteiger partial charge in [0.15, 0.2) is 16.6 Å². The molecule has 0 radical (unpaired) electrons. The van der Waals surface area contributed by atoms with Gasteiger partial charge in [0.05, 0.1) is 28.9 Å². The van der Waals surface area contributed by atoms with Crippen molar-refractivity contribution in [2.75, 3.05) is 41.8 Å². The molecule has 0 aromatic carbocycles. The molecule has 34 heavy (non-hydrogen) atoms. The Bertz CT molecular complexity index is 1310. The van der Waals surface area contributed by atoms with Crippen molar-refractivity contribution in [1.82, 2.24) is 24.7 Å². The van der Waals surface area contributed by atoms with Crippen LogP contribution < -0.4 is 15.5 Å². The predicted molar refractivity (Wildman–Crippen MR) is 133 cm³/mol. The molecule has 1 aliphatic heterocycles. The number of nitrogens with zero attached hydrogens (tertiary/aromatic N) is 6. The van der Waals surface area contributed by atoms with Gasteiger partial charge in [0.1, 0.15) is 5.69 Å². The number of carbonyl (C=O) groups excluding carboxylic acids is 1. The Morgan fingerprint density at radius 3 is 2.79 bits per heavy atom. The van der Waals surface area contributed by atoms with Crippen LogP contribution in [-0.2, 0) is 7.05 Å². The van der Waals surface area contributed by atoms with E-state index in [1.807, 2.05) is 31.4 Å². The SMILES string of the molecule is Cn1cc(-c2cccc(C(=O)Nc3cc4sc(NCCO)nc4nc3N3CCCCC3)n2)cn1. The highest BCUT2D eigenvalue weighted by Crippen LogP contribution is 2.34. The standard InChI is InChI=1S/C23H26N8O2S/c1-30-14-15(13-25-30)16-6-5-7-17(26-16)22(33)27-18-12-19-20(29-23(34-19)24-8-11-32)28-21(18)31-9-3-2-4-10-31/h5-7,12-14,32H,2-4,8-11H2,1H3,(H,27,33)(H,24,28,29). The van der Waals surface area contributed by atoms with Gasteiger partial charge in [-0.2, -0.15) is 5.10 Å². The van der Waals surface area contributed by atoms with Crippen LogP contribution in [0.15, 0.2) is 36.7 Å². The lowest BCUT2D eigenvalue weighted by Crippen LogP contribution is -2.31. The molecule has 0 aliphatic carbocycles. The number of hydrogen-bond donors (Lipinski definition) is 3. The molecular weight excluding hydrogens is 452 g/mol. The van der Waals surface area contributed by atoms with Crippen molar-refractivity contribution in [2.24, 2.45) is 7.05 Å². The Morgan fingerprint density at radius 2 is 2.03 bits per heavy atom. The quantitative estimate of drug-likeness (QED) is 0.370. The summed E-state index contributed by atoms with van der Waals surface area (Å²) in [6.07, 6.45) is 6.95. The van der Waals surface area contributed by atoms with Crippen molar-refractivity contribution < 1.29 is 9.90 Å². The van der Waals surface area contributed by atoms with Gasteiger partial charge in [-0.25, -0.2) is 15.0 Å². The number of piperidine rings is 1. The van der Waals surface area contributed by atoms with Crippen LogP contribution in [0.1, 0.15) is 29.8 Å². The minimum Gasteiger partial charge on any atom is -0.395 e. The largest absolute Gasteiger partial charge is 0.395 e. The molecule has 4 aromatic heterocycles. The normalized spacial score (nSPS) is 13.9. The van der Waals surface area contributed by atoms with Gasteiger partial charge in [-0.05, 0) is 37.5 Å². The second-order valence-corrected chi connectivity index (χ2v) is 9.19. The fourth-order valence-corrected chi connectivity index (χ4v) is 4.87. The van der Waals surface area contributed by atoms with E-state index in [-0.39, 0.29) is 12.5 Å². The fraction of sp³-hybridized carbons (Fsp3) is 0.348. The van der Waals surface area contributed by atoms with Crippen LogP contribution in [0.4, 0.5) is 16.6 Å². The van der Waals surface area contributed by atoms with Gasteiger partial charge in [-0.15, -0.1) is 0 Å². The zero-order valence-corrected chi connectivity index (χ0v) is 19.7. The molecule has 0 bridgehead atoms. The van der Waals surface area contributed by atoms with E-state index in [1.165, 1.54) is 17.8 Å². The molecule has 1 amide bonds. The van der Waals surface area contributed by atoms with E-state index < -0.39 is 0 Å². The maximum atomic E-state index is 13.2. The van der Waals surface area contributed by atoms with Gasteiger partial charge >= 0.3 is 0 Å². The number of aryl methyl sites for hydroxylation is 1. The van der Waals surface area contributed by atoms with Gasteiger partial charge in [-0.1, -0.05) is 17.4 Å². The van der Waals surface area contributed by atoms with E-state index in [0.29, 0.717) is 34.4 Å². The zero-order valence-electron chi connectivity index (χ0n) is 18.9. The monoisotopic (exact) mass is 478 g/mol. The average molecular weight is 479 g/mol. The second kappa shape index (κ2) is 9.74. The van der Waals surface area contributed by atoms with Crippen molar-refractivity contribution in [2.45, 2.75) is 19.3 Å². The number of amides is 1. The van der Waals surface area contributed by atoms with Gasteiger partial charge in [0, 0.05) is 38.4 Å². The van der Waals surface area contributed by atoms with E-state index >= 15 is 0 Å². The number of aliphatic hydroxyl groups excluding tert-OH is 1. The van der Waals surface area contributed by atoms with Crippen LogP contribution in [0, 0.1) is 0 Å². The molecule has 5 heterocycles. The first-order chi connectivity index (χ1) is 16.6. The predicted octanol–water partition coefficient (Wildman–Crippen LogP) is 3.13. The molecule has 4 aromatic rings. The van der Waals surface area contributed by atoms with E-state index in [9.17, 15) is 4.79 Å². The van der Waals surface area contributed by atoms with Crippen LogP contribution >= 0.6 is 11.3 Å². The van der Waals surface area contributed by atoms with Crippen molar-refractivity contribution in [3.63, 3.8) is 0 Å². The number of pyridine rings is 2. The smallest absolute Gasteiger partial charge is 0.274 e. The molecule has 3 N–H and O–H groups in total. The number of nitrogens with one attached hydrogen (secondary N) is 2. The molecule has 1 fully saturated rings. The van der Waals surface area contributed by atoms with Crippen molar-refractivity contribution >= 4 is 44.2 Å². The molecule has 1 aliphatic rings. The Balaban J connectivity index is 1.47. The van der Waals surface area contributed by atoms with Crippen molar-refractivity contribution in [3.05, 3.63) is 42.4 Å². The maximum absolute atomic E-state index is 13.2. The van der Waals surface area contributed by atoms with Gasteiger partial charge in [0.25, 0.3) is 5.91 Å². The number of anilines is 3. The minimum atomic E-state index is -0.298. The van der Waals surface area contributed by atoms with E-state index in [0.717, 1.165) is 42.0 Å².